The number of carbonyl (C=O) groups is 1. The zero-order valence-corrected chi connectivity index (χ0v) is 17.4. The van der Waals surface area contributed by atoms with Crippen molar-refractivity contribution in [2.45, 2.75) is 39.3 Å². The first-order chi connectivity index (χ1) is 13.6. The summed E-state index contributed by atoms with van der Waals surface area (Å²) in [4.78, 5) is 20.8. The number of carbonyl (C=O) groups excluding carboxylic acids is 1. The van der Waals surface area contributed by atoms with Crippen LogP contribution in [-0.4, -0.2) is 34.0 Å². The zero-order chi connectivity index (χ0) is 19.7. The van der Waals surface area contributed by atoms with Gasteiger partial charge < -0.3 is 9.88 Å². The first-order valence-corrected chi connectivity index (χ1v) is 10.5. The third-order valence-corrected chi connectivity index (χ3v) is 6.77. The van der Waals surface area contributed by atoms with Crippen LogP contribution in [0.25, 0.3) is 5.69 Å². The summed E-state index contributed by atoms with van der Waals surface area (Å²) in [5.41, 5.74) is 4.97. The summed E-state index contributed by atoms with van der Waals surface area (Å²) in [5.74, 6) is 0.000753. The molecule has 4 heterocycles. The Morgan fingerprint density at radius 3 is 2.93 bits per heavy atom. The number of likely N-dealkylation sites (tertiary alicyclic amines) is 1. The lowest BCUT2D eigenvalue weighted by molar-refractivity contribution is 0.0967. The van der Waals surface area contributed by atoms with E-state index < -0.39 is 0 Å². The predicted octanol–water partition coefficient (Wildman–Crippen LogP) is 4.25. The highest BCUT2D eigenvalue weighted by atomic mass is 32.1. The van der Waals surface area contributed by atoms with E-state index in [1.807, 2.05) is 24.5 Å². The molecule has 1 amide bonds. The molecular formula is C22H26N4OS. The highest BCUT2D eigenvalue weighted by Gasteiger charge is 2.28. The highest BCUT2D eigenvalue weighted by Crippen LogP contribution is 2.37. The van der Waals surface area contributed by atoms with Gasteiger partial charge in [-0.05, 0) is 69.1 Å². The highest BCUT2D eigenvalue weighted by molar-refractivity contribution is 7.14. The number of thiophene rings is 1. The summed E-state index contributed by atoms with van der Waals surface area (Å²) in [7, 11) is 1.68. The summed E-state index contributed by atoms with van der Waals surface area (Å²) in [6.45, 7) is 6.36. The molecule has 0 saturated carbocycles. The van der Waals surface area contributed by atoms with Crippen molar-refractivity contribution in [1.29, 1.82) is 0 Å². The molecule has 28 heavy (non-hydrogen) atoms. The molecule has 146 valence electrons. The third-order valence-electron chi connectivity index (χ3n) is 5.58. The summed E-state index contributed by atoms with van der Waals surface area (Å²) >= 11 is 1.62. The van der Waals surface area contributed by atoms with Crippen LogP contribution < -0.4 is 5.32 Å². The van der Waals surface area contributed by atoms with Gasteiger partial charge in [0.05, 0.1) is 16.8 Å². The second-order valence-corrected chi connectivity index (χ2v) is 8.47. The van der Waals surface area contributed by atoms with Crippen molar-refractivity contribution in [3.8, 4) is 5.69 Å². The van der Waals surface area contributed by atoms with E-state index in [0.29, 0.717) is 6.04 Å². The first kappa shape index (κ1) is 18.9. The molecule has 0 aromatic carbocycles. The summed E-state index contributed by atoms with van der Waals surface area (Å²) in [6, 6.07) is 10.8. The van der Waals surface area contributed by atoms with Crippen LogP contribution in [0.4, 0.5) is 0 Å². The summed E-state index contributed by atoms with van der Waals surface area (Å²) in [5, 5.41) is 2.72. The SMILES string of the molecule is CNC(=O)c1ccc([C@H]2CCCN2Cc2cc(C)n(-c3cccnc3)c2C)s1. The molecule has 1 aliphatic rings. The van der Waals surface area contributed by atoms with Crippen LogP contribution in [0, 0.1) is 13.8 Å². The maximum atomic E-state index is 11.9. The van der Waals surface area contributed by atoms with E-state index in [-0.39, 0.29) is 5.91 Å². The molecular weight excluding hydrogens is 368 g/mol. The first-order valence-electron chi connectivity index (χ1n) is 9.72. The number of nitrogens with zero attached hydrogens (tertiary/aromatic N) is 3. The monoisotopic (exact) mass is 394 g/mol. The lowest BCUT2D eigenvalue weighted by Crippen LogP contribution is -2.22. The van der Waals surface area contributed by atoms with E-state index in [1.165, 1.54) is 28.2 Å². The Kier molecular flexibility index (Phi) is 5.33. The number of nitrogens with one attached hydrogen (secondary N) is 1. The fourth-order valence-electron chi connectivity index (χ4n) is 4.21. The molecule has 0 spiro atoms. The summed E-state index contributed by atoms with van der Waals surface area (Å²) < 4.78 is 2.28. The minimum absolute atomic E-state index is 0.000753. The Morgan fingerprint density at radius 2 is 2.18 bits per heavy atom. The quantitative estimate of drug-likeness (QED) is 0.704. The molecule has 5 nitrogen and oxygen atoms in total. The molecule has 1 saturated heterocycles. The van der Waals surface area contributed by atoms with Gasteiger partial charge in [0.2, 0.25) is 0 Å². The van der Waals surface area contributed by atoms with Crippen molar-refractivity contribution in [1.82, 2.24) is 19.8 Å². The molecule has 3 aromatic heterocycles. The van der Waals surface area contributed by atoms with E-state index in [0.717, 1.165) is 30.1 Å². The number of hydrogen-bond donors (Lipinski definition) is 1. The third kappa shape index (κ3) is 3.50. The van der Waals surface area contributed by atoms with Crippen molar-refractivity contribution in [2.24, 2.45) is 0 Å². The van der Waals surface area contributed by atoms with Crippen LogP contribution in [0.15, 0.2) is 42.7 Å². The van der Waals surface area contributed by atoms with Gasteiger partial charge in [-0.25, -0.2) is 0 Å². The average Bonchev–Trinajstić information content (AvgIpc) is 3.42. The number of pyridine rings is 1. The molecule has 0 radical (unpaired) electrons. The van der Waals surface area contributed by atoms with Gasteiger partial charge in [-0.2, -0.15) is 0 Å². The summed E-state index contributed by atoms with van der Waals surface area (Å²) in [6.07, 6.45) is 6.06. The normalized spacial score (nSPS) is 17.2. The van der Waals surface area contributed by atoms with Crippen LogP contribution >= 0.6 is 11.3 Å². The van der Waals surface area contributed by atoms with E-state index >= 15 is 0 Å². The lowest BCUT2D eigenvalue weighted by atomic mass is 10.1. The van der Waals surface area contributed by atoms with Crippen LogP contribution in [0.2, 0.25) is 0 Å². The van der Waals surface area contributed by atoms with Crippen molar-refractivity contribution in [3.63, 3.8) is 0 Å². The molecule has 4 rings (SSSR count). The Morgan fingerprint density at radius 1 is 1.32 bits per heavy atom. The molecule has 6 heteroatoms. The number of amides is 1. The largest absolute Gasteiger partial charge is 0.354 e. The number of hydrogen-bond acceptors (Lipinski definition) is 4. The van der Waals surface area contributed by atoms with E-state index in [9.17, 15) is 4.79 Å². The van der Waals surface area contributed by atoms with E-state index in [4.69, 9.17) is 0 Å². The van der Waals surface area contributed by atoms with Crippen LogP contribution in [0.3, 0.4) is 0 Å². The van der Waals surface area contributed by atoms with Gasteiger partial charge in [0.15, 0.2) is 0 Å². The fraction of sp³-hybridized carbons (Fsp3) is 0.364. The van der Waals surface area contributed by atoms with Crippen molar-refractivity contribution < 1.29 is 4.79 Å². The number of rotatable bonds is 5. The molecule has 1 fully saturated rings. The standard InChI is InChI=1S/C22H26N4OS/c1-15-12-17(16(2)26(15)18-6-4-10-24-13-18)14-25-11-5-7-19(25)20-8-9-21(28-20)22(27)23-3/h4,6,8-10,12-13,19H,5,7,11,14H2,1-3H3,(H,23,27)/t19-/m1/s1. The van der Waals surface area contributed by atoms with E-state index in [1.54, 1.807) is 18.4 Å². The van der Waals surface area contributed by atoms with Crippen LogP contribution in [-0.2, 0) is 6.54 Å². The number of aryl methyl sites for hydroxylation is 1. The Hall–Kier alpha value is -2.44. The van der Waals surface area contributed by atoms with E-state index in [2.05, 4.69) is 51.8 Å². The van der Waals surface area contributed by atoms with Gasteiger partial charge >= 0.3 is 0 Å². The van der Waals surface area contributed by atoms with Gasteiger partial charge in [-0.15, -0.1) is 11.3 Å². The van der Waals surface area contributed by atoms with Crippen LogP contribution in [0.5, 0.6) is 0 Å². The van der Waals surface area contributed by atoms with Crippen molar-refractivity contribution in [3.05, 3.63) is 69.4 Å². The Labute approximate surface area is 170 Å². The maximum Gasteiger partial charge on any atom is 0.261 e. The van der Waals surface area contributed by atoms with Gasteiger partial charge in [0.25, 0.3) is 5.91 Å². The van der Waals surface area contributed by atoms with Gasteiger partial charge in [-0.1, -0.05) is 0 Å². The lowest BCUT2D eigenvalue weighted by Gasteiger charge is -2.23. The van der Waals surface area contributed by atoms with Crippen LogP contribution in [0.1, 0.15) is 50.4 Å². The molecule has 0 bridgehead atoms. The van der Waals surface area contributed by atoms with Gasteiger partial charge in [0, 0.05) is 42.1 Å². The minimum Gasteiger partial charge on any atom is -0.354 e. The smallest absolute Gasteiger partial charge is 0.261 e. The Balaban J connectivity index is 1.57. The molecule has 0 aliphatic carbocycles. The van der Waals surface area contributed by atoms with Gasteiger partial charge in [-0.3, -0.25) is 14.7 Å². The zero-order valence-electron chi connectivity index (χ0n) is 16.6. The average molecular weight is 395 g/mol. The fourth-order valence-corrected chi connectivity index (χ4v) is 5.33. The van der Waals surface area contributed by atoms with Crippen molar-refractivity contribution >= 4 is 17.2 Å². The maximum absolute atomic E-state index is 11.9. The van der Waals surface area contributed by atoms with Crippen molar-refractivity contribution in [2.75, 3.05) is 13.6 Å². The molecule has 1 N–H and O–H groups in total. The minimum atomic E-state index is 0.000753. The Bertz CT molecular complexity index is 976. The second-order valence-electron chi connectivity index (χ2n) is 7.35. The topological polar surface area (TPSA) is 50.2 Å². The molecule has 3 aromatic rings. The van der Waals surface area contributed by atoms with Gasteiger partial charge in [0.1, 0.15) is 0 Å². The molecule has 1 aliphatic heterocycles. The molecule has 1 atom stereocenters. The molecule has 0 unspecified atom stereocenters. The second kappa shape index (κ2) is 7.89. The predicted molar refractivity (Wildman–Crippen MR) is 113 cm³/mol. The number of aromatic nitrogens is 2.